The Morgan fingerprint density at radius 2 is 2.05 bits per heavy atom. The normalized spacial score (nSPS) is 25.8. The molecule has 0 saturated heterocycles. The van der Waals surface area contributed by atoms with Crippen molar-refractivity contribution < 1.29 is 13.2 Å². The number of pyridine rings is 1. The van der Waals surface area contributed by atoms with E-state index in [2.05, 4.69) is 24.1 Å². The molecule has 0 spiro atoms. The highest BCUT2D eigenvalue weighted by molar-refractivity contribution is 7.99. The molecule has 2 nitrogen and oxygen atoms in total. The first kappa shape index (κ1) is 16.6. The van der Waals surface area contributed by atoms with E-state index >= 15 is 0 Å². The molecular weight excluding hydrogens is 297 g/mol. The summed E-state index contributed by atoms with van der Waals surface area (Å²) >= 11 is 1.58. The number of aromatic nitrogens is 1. The molecule has 2 rings (SSSR count). The van der Waals surface area contributed by atoms with Crippen LogP contribution < -0.4 is 5.32 Å². The molecule has 1 aromatic heterocycles. The summed E-state index contributed by atoms with van der Waals surface area (Å²) in [5.74, 6) is 0. The van der Waals surface area contributed by atoms with Crippen molar-refractivity contribution >= 4 is 11.8 Å². The van der Waals surface area contributed by atoms with Gasteiger partial charge in [-0.2, -0.15) is 13.2 Å². The first-order valence-electron chi connectivity index (χ1n) is 7.08. The fraction of sp³-hybridized carbons (Fsp3) is 0.667. The van der Waals surface area contributed by atoms with Gasteiger partial charge in [0.1, 0.15) is 0 Å². The van der Waals surface area contributed by atoms with Gasteiger partial charge in [-0.25, -0.2) is 4.98 Å². The van der Waals surface area contributed by atoms with E-state index in [4.69, 9.17) is 0 Å². The van der Waals surface area contributed by atoms with Gasteiger partial charge in [-0.3, -0.25) is 0 Å². The quantitative estimate of drug-likeness (QED) is 0.896. The summed E-state index contributed by atoms with van der Waals surface area (Å²) < 4.78 is 37.6. The summed E-state index contributed by atoms with van der Waals surface area (Å²) in [6.45, 7) is 4.49. The van der Waals surface area contributed by atoms with Crippen LogP contribution >= 0.6 is 11.8 Å². The molecule has 2 atom stereocenters. The van der Waals surface area contributed by atoms with Gasteiger partial charge in [0.05, 0.1) is 10.6 Å². The zero-order chi connectivity index (χ0) is 15.7. The Kier molecular flexibility index (Phi) is 4.88. The van der Waals surface area contributed by atoms with Crippen LogP contribution in [0.25, 0.3) is 0 Å². The van der Waals surface area contributed by atoms with E-state index in [0.717, 1.165) is 31.5 Å². The van der Waals surface area contributed by atoms with E-state index in [1.54, 1.807) is 11.8 Å². The number of hydrogen-bond donors (Lipinski definition) is 1. The maximum Gasteiger partial charge on any atom is 0.417 e. The first-order valence-corrected chi connectivity index (χ1v) is 7.96. The summed E-state index contributed by atoms with van der Waals surface area (Å²) in [5.41, 5.74) is -0.419. The number of halogens is 3. The predicted octanol–water partition coefficient (Wildman–Crippen LogP) is 4.36. The topological polar surface area (TPSA) is 24.9 Å². The van der Waals surface area contributed by atoms with Crippen molar-refractivity contribution in [2.45, 2.75) is 55.6 Å². The molecule has 1 aliphatic rings. The molecule has 1 saturated carbocycles. The zero-order valence-corrected chi connectivity index (χ0v) is 13.3. The van der Waals surface area contributed by atoms with Crippen molar-refractivity contribution in [3.8, 4) is 0 Å². The van der Waals surface area contributed by atoms with Crippen molar-refractivity contribution in [2.24, 2.45) is 5.41 Å². The van der Waals surface area contributed by atoms with E-state index in [-0.39, 0.29) is 5.41 Å². The van der Waals surface area contributed by atoms with Crippen LogP contribution in [0.4, 0.5) is 13.2 Å². The van der Waals surface area contributed by atoms with Gasteiger partial charge in [-0.1, -0.05) is 13.8 Å². The van der Waals surface area contributed by atoms with Crippen molar-refractivity contribution in [1.82, 2.24) is 10.3 Å². The highest BCUT2D eigenvalue weighted by Gasteiger charge is 2.35. The molecule has 0 aromatic carbocycles. The number of hydrogen-bond acceptors (Lipinski definition) is 3. The van der Waals surface area contributed by atoms with Gasteiger partial charge in [0.25, 0.3) is 0 Å². The zero-order valence-electron chi connectivity index (χ0n) is 12.5. The van der Waals surface area contributed by atoms with Crippen molar-refractivity contribution in [3.63, 3.8) is 0 Å². The number of nitrogens with zero attached hydrogens (tertiary/aromatic N) is 1. The van der Waals surface area contributed by atoms with Crippen LogP contribution in [0.5, 0.6) is 0 Å². The van der Waals surface area contributed by atoms with Crippen molar-refractivity contribution in [2.75, 3.05) is 7.05 Å². The van der Waals surface area contributed by atoms with E-state index in [1.807, 2.05) is 7.05 Å². The van der Waals surface area contributed by atoms with Gasteiger partial charge in [0, 0.05) is 17.5 Å². The monoisotopic (exact) mass is 318 g/mol. The molecule has 1 fully saturated rings. The maximum absolute atomic E-state index is 12.5. The minimum absolute atomic E-state index is 0.275. The molecule has 0 aliphatic heterocycles. The smallest absolute Gasteiger partial charge is 0.316 e. The molecule has 1 aromatic rings. The molecule has 1 N–H and O–H groups in total. The Bertz CT molecular complexity index is 471. The van der Waals surface area contributed by atoms with Crippen molar-refractivity contribution in [1.29, 1.82) is 0 Å². The molecular formula is C15H21F3N2S. The Balaban J connectivity index is 2.08. The van der Waals surface area contributed by atoms with E-state index in [9.17, 15) is 13.2 Å². The molecule has 2 unspecified atom stereocenters. The van der Waals surface area contributed by atoms with Crippen LogP contribution in [-0.4, -0.2) is 23.3 Å². The molecule has 118 valence electrons. The molecule has 0 bridgehead atoms. The summed E-state index contributed by atoms with van der Waals surface area (Å²) in [6.07, 6.45) is -0.120. The fourth-order valence-corrected chi connectivity index (χ4v) is 4.29. The summed E-state index contributed by atoms with van der Waals surface area (Å²) in [6, 6.07) is 2.96. The lowest BCUT2D eigenvalue weighted by Crippen LogP contribution is -2.43. The lowest BCUT2D eigenvalue weighted by Gasteiger charge is -2.40. The van der Waals surface area contributed by atoms with Gasteiger partial charge in [-0.05, 0) is 43.9 Å². The van der Waals surface area contributed by atoms with Crippen LogP contribution in [0.1, 0.15) is 38.7 Å². The Labute approximate surface area is 127 Å². The van der Waals surface area contributed by atoms with Crippen LogP contribution in [-0.2, 0) is 6.18 Å². The molecule has 1 heterocycles. The third-order valence-corrected chi connectivity index (χ3v) is 5.32. The van der Waals surface area contributed by atoms with Crippen molar-refractivity contribution in [3.05, 3.63) is 23.9 Å². The number of nitrogens with one attached hydrogen (secondary N) is 1. The lowest BCUT2D eigenvalue weighted by atomic mass is 9.75. The average molecular weight is 318 g/mol. The number of rotatable bonds is 3. The lowest BCUT2D eigenvalue weighted by molar-refractivity contribution is -0.137. The SMILES string of the molecule is CNC1CCC(C)(C)CC1Sc1ccc(C(F)(F)F)cn1. The molecule has 0 radical (unpaired) electrons. The second-order valence-electron chi connectivity index (χ2n) is 6.34. The Morgan fingerprint density at radius 1 is 1.33 bits per heavy atom. The number of alkyl halides is 3. The number of thioether (sulfide) groups is 1. The Morgan fingerprint density at radius 3 is 2.57 bits per heavy atom. The predicted molar refractivity (Wildman–Crippen MR) is 79.4 cm³/mol. The first-order chi connectivity index (χ1) is 9.71. The van der Waals surface area contributed by atoms with Gasteiger partial charge >= 0.3 is 6.18 Å². The Hall–Kier alpha value is -0.750. The van der Waals surface area contributed by atoms with Gasteiger partial charge in [0.2, 0.25) is 0 Å². The second-order valence-corrected chi connectivity index (χ2v) is 7.60. The van der Waals surface area contributed by atoms with E-state index in [1.165, 1.54) is 6.07 Å². The van der Waals surface area contributed by atoms with Gasteiger partial charge in [0.15, 0.2) is 0 Å². The highest BCUT2D eigenvalue weighted by atomic mass is 32.2. The molecule has 21 heavy (non-hydrogen) atoms. The molecule has 0 amide bonds. The summed E-state index contributed by atoms with van der Waals surface area (Å²) in [4.78, 5) is 3.97. The van der Waals surface area contributed by atoms with Crippen LogP contribution in [0, 0.1) is 5.41 Å². The van der Waals surface area contributed by atoms with Gasteiger partial charge in [-0.15, -0.1) is 11.8 Å². The van der Waals surface area contributed by atoms with Crippen LogP contribution in [0.2, 0.25) is 0 Å². The second kappa shape index (κ2) is 6.16. The third-order valence-electron chi connectivity index (χ3n) is 4.04. The fourth-order valence-electron chi connectivity index (χ4n) is 2.75. The van der Waals surface area contributed by atoms with Crippen LogP contribution in [0.3, 0.4) is 0 Å². The summed E-state index contributed by atoms with van der Waals surface area (Å²) in [7, 11) is 1.94. The van der Waals surface area contributed by atoms with E-state index < -0.39 is 11.7 Å². The highest BCUT2D eigenvalue weighted by Crippen LogP contribution is 2.42. The summed E-state index contributed by atoms with van der Waals surface area (Å²) in [5, 5.41) is 4.31. The minimum Gasteiger partial charge on any atom is -0.316 e. The van der Waals surface area contributed by atoms with E-state index in [0.29, 0.717) is 16.3 Å². The third kappa shape index (κ3) is 4.36. The largest absolute Gasteiger partial charge is 0.417 e. The standard InChI is InChI=1S/C15H21F3N2S/c1-14(2)7-6-11(19-3)12(8-14)21-13-5-4-10(9-20-13)15(16,17)18/h4-5,9,11-12,19H,6-8H2,1-3H3. The maximum atomic E-state index is 12.5. The van der Waals surface area contributed by atoms with Gasteiger partial charge < -0.3 is 5.32 Å². The molecule has 6 heteroatoms. The van der Waals surface area contributed by atoms with Crippen LogP contribution in [0.15, 0.2) is 23.4 Å². The minimum atomic E-state index is -4.32. The molecule has 1 aliphatic carbocycles. The average Bonchev–Trinajstić information content (AvgIpc) is 2.37.